The van der Waals surface area contributed by atoms with Gasteiger partial charge in [-0.15, -0.1) is 11.3 Å². The van der Waals surface area contributed by atoms with Crippen LogP contribution >= 0.6 is 27.3 Å². The molecule has 0 radical (unpaired) electrons. The first-order chi connectivity index (χ1) is 12.7. The van der Waals surface area contributed by atoms with Crippen molar-refractivity contribution in [2.45, 2.75) is 5.92 Å². The number of thiophene rings is 1. The molecule has 2 aromatic heterocycles. The molecular weight excluding hydrogens is 408 g/mol. The van der Waals surface area contributed by atoms with Crippen molar-refractivity contribution < 1.29 is 4.79 Å². The van der Waals surface area contributed by atoms with Crippen LogP contribution in [-0.4, -0.2) is 17.4 Å². The van der Waals surface area contributed by atoms with Gasteiger partial charge in [-0.05, 0) is 40.8 Å². The summed E-state index contributed by atoms with van der Waals surface area (Å²) in [6.45, 7) is 0.542. The Labute approximate surface area is 164 Å². The van der Waals surface area contributed by atoms with Gasteiger partial charge in [-0.2, -0.15) is 0 Å². The van der Waals surface area contributed by atoms with Gasteiger partial charge >= 0.3 is 0 Å². The monoisotopic (exact) mass is 424 g/mol. The summed E-state index contributed by atoms with van der Waals surface area (Å²) in [5, 5.41) is 6.20. The van der Waals surface area contributed by atoms with Crippen molar-refractivity contribution >= 4 is 44.1 Å². The van der Waals surface area contributed by atoms with Gasteiger partial charge in [0.05, 0.1) is 4.88 Å². The van der Waals surface area contributed by atoms with Crippen LogP contribution in [0.3, 0.4) is 0 Å². The SMILES string of the molecule is O=C(NC[C@@H](c1ccc(Br)cc1)c1c[nH]c2ccccc12)c1cccs1. The fourth-order valence-corrected chi connectivity index (χ4v) is 4.08. The molecule has 2 heterocycles. The molecule has 0 aliphatic carbocycles. The summed E-state index contributed by atoms with van der Waals surface area (Å²) in [7, 11) is 0. The maximum atomic E-state index is 12.4. The second-order valence-electron chi connectivity index (χ2n) is 6.08. The fraction of sp³-hybridized carbons (Fsp3) is 0.0952. The summed E-state index contributed by atoms with van der Waals surface area (Å²) in [5.74, 6) is 0.0464. The molecule has 1 amide bonds. The van der Waals surface area contributed by atoms with Gasteiger partial charge in [-0.25, -0.2) is 0 Å². The lowest BCUT2D eigenvalue weighted by molar-refractivity contribution is 0.0956. The lowest BCUT2D eigenvalue weighted by Gasteiger charge is -2.18. The summed E-state index contributed by atoms with van der Waals surface area (Å²) in [5.41, 5.74) is 3.47. The largest absolute Gasteiger partial charge is 0.361 e. The third-order valence-corrected chi connectivity index (χ3v) is 5.88. The van der Waals surface area contributed by atoms with Gasteiger partial charge in [0.1, 0.15) is 0 Å². The number of hydrogen-bond donors (Lipinski definition) is 2. The fourth-order valence-electron chi connectivity index (χ4n) is 3.17. The van der Waals surface area contributed by atoms with Gasteiger partial charge in [0.2, 0.25) is 0 Å². The van der Waals surface area contributed by atoms with Crippen LogP contribution in [-0.2, 0) is 0 Å². The number of amides is 1. The summed E-state index contributed by atoms with van der Waals surface area (Å²) in [4.78, 5) is 16.5. The molecule has 1 atom stereocenters. The van der Waals surface area contributed by atoms with Crippen LogP contribution in [0.1, 0.15) is 26.7 Å². The van der Waals surface area contributed by atoms with E-state index in [-0.39, 0.29) is 11.8 Å². The molecule has 2 aromatic carbocycles. The maximum absolute atomic E-state index is 12.4. The molecule has 130 valence electrons. The Balaban J connectivity index is 1.67. The number of H-pyrrole nitrogens is 1. The minimum atomic E-state index is -0.0260. The van der Waals surface area contributed by atoms with Crippen molar-refractivity contribution in [1.29, 1.82) is 0 Å². The minimum absolute atomic E-state index is 0.0260. The van der Waals surface area contributed by atoms with Crippen LogP contribution in [0.15, 0.2) is 76.7 Å². The van der Waals surface area contributed by atoms with Gasteiger partial charge in [-0.1, -0.05) is 52.3 Å². The molecule has 2 N–H and O–H groups in total. The number of aromatic nitrogens is 1. The first-order valence-corrected chi connectivity index (χ1v) is 10.0. The predicted octanol–water partition coefficient (Wildman–Crippen LogP) is 5.55. The molecular formula is C21H17BrN2OS. The standard InChI is InChI=1S/C21H17BrN2OS/c22-15-9-7-14(8-10-15)17(12-24-21(25)20-6-3-11-26-20)18-13-23-19-5-2-1-4-16(18)19/h1-11,13,17,23H,12H2,(H,24,25)/t17-/m0/s1. The molecule has 0 bridgehead atoms. The van der Waals surface area contributed by atoms with Gasteiger partial charge in [0, 0.05) is 34.0 Å². The first kappa shape index (κ1) is 17.1. The Kier molecular flexibility index (Phi) is 4.91. The number of carbonyl (C=O) groups is 1. The lowest BCUT2D eigenvalue weighted by Crippen LogP contribution is -2.28. The number of benzene rings is 2. The van der Waals surface area contributed by atoms with E-state index in [9.17, 15) is 4.79 Å². The summed E-state index contributed by atoms with van der Waals surface area (Å²) < 4.78 is 1.04. The quantitative estimate of drug-likeness (QED) is 0.433. The highest BCUT2D eigenvalue weighted by molar-refractivity contribution is 9.10. The van der Waals surface area contributed by atoms with Gasteiger partial charge in [0.25, 0.3) is 5.91 Å². The average Bonchev–Trinajstić information content (AvgIpc) is 3.33. The third-order valence-electron chi connectivity index (χ3n) is 4.48. The van der Waals surface area contributed by atoms with Gasteiger partial charge < -0.3 is 10.3 Å². The van der Waals surface area contributed by atoms with Crippen molar-refractivity contribution in [2.24, 2.45) is 0 Å². The Morgan fingerprint density at radius 3 is 2.65 bits per heavy atom. The van der Waals surface area contributed by atoms with Crippen molar-refractivity contribution in [2.75, 3.05) is 6.54 Å². The number of rotatable bonds is 5. The molecule has 3 nitrogen and oxygen atoms in total. The highest BCUT2D eigenvalue weighted by Crippen LogP contribution is 2.31. The van der Waals surface area contributed by atoms with E-state index in [4.69, 9.17) is 0 Å². The Morgan fingerprint density at radius 2 is 1.88 bits per heavy atom. The average molecular weight is 425 g/mol. The van der Waals surface area contributed by atoms with E-state index >= 15 is 0 Å². The molecule has 0 unspecified atom stereocenters. The van der Waals surface area contributed by atoms with Crippen LogP contribution in [0, 0.1) is 0 Å². The van der Waals surface area contributed by atoms with E-state index in [1.807, 2.05) is 41.8 Å². The lowest BCUT2D eigenvalue weighted by atomic mass is 9.91. The summed E-state index contributed by atoms with van der Waals surface area (Å²) >= 11 is 4.95. The van der Waals surface area contributed by atoms with Crippen LogP contribution in [0.4, 0.5) is 0 Å². The molecule has 5 heteroatoms. The Morgan fingerprint density at radius 1 is 1.08 bits per heavy atom. The molecule has 4 rings (SSSR count). The van der Waals surface area contributed by atoms with E-state index in [1.54, 1.807) is 0 Å². The normalized spacial score (nSPS) is 12.2. The van der Waals surface area contributed by atoms with Gasteiger partial charge in [-0.3, -0.25) is 4.79 Å². The second-order valence-corrected chi connectivity index (χ2v) is 7.94. The molecule has 0 fully saturated rings. The van der Waals surface area contributed by atoms with Crippen LogP contribution in [0.5, 0.6) is 0 Å². The van der Waals surface area contributed by atoms with E-state index in [0.717, 1.165) is 14.9 Å². The number of aromatic amines is 1. The van der Waals surface area contributed by atoms with Crippen LogP contribution < -0.4 is 5.32 Å². The number of hydrogen-bond acceptors (Lipinski definition) is 2. The summed E-state index contributed by atoms with van der Waals surface area (Å²) in [6, 6.07) is 20.3. The molecule has 4 aromatic rings. The maximum Gasteiger partial charge on any atom is 0.261 e. The topological polar surface area (TPSA) is 44.9 Å². The summed E-state index contributed by atoms with van der Waals surface area (Å²) in [6.07, 6.45) is 2.05. The zero-order valence-electron chi connectivity index (χ0n) is 13.9. The van der Waals surface area contributed by atoms with Crippen LogP contribution in [0.25, 0.3) is 10.9 Å². The Hall–Kier alpha value is -2.37. The zero-order valence-corrected chi connectivity index (χ0v) is 16.3. The third kappa shape index (κ3) is 3.45. The highest BCUT2D eigenvalue weighted by Gasteiger charge is 2.19. The molecule has 0 aliphatic rings. The molecule has 0 saturated heterocycles. The predicted molar refractivity (Wildman–Crippen MR) is 111 cm³/mol. The number of nitrogens with one attached hydrogen (secondary N) is 2. The number of para-hydroxylation sites is 1. The van der Waals surface area contributed by atoms with E-state index in [0.29, 0.717) is 6.54 Å². The number of fused-ring (bicyclic) bond motifs is 1. The van der Waals surface area contributed by atoms with Crippen molar-refractivity contribution in [3.63, 3.8) is 0 Å². The van der Waals surface area contributed by atoms with Crippen LogP contribution in [0.2, 0.25) is 0 Å². The molecule has 0 spiro atoms. The number of halogens is 1. The molecule has 0 saturated carbocycles. The minimum Gasteiger partial charge on any atom is -0.361 e. The highest BCUT2D eigenvalue weighted by atomic mass is 79.9. The second kappa shape index (κ2) is 7.48. The smallest absolute Gasteiger partial charge is 0.261 e. The van der Waals surface area contributed by atoms with E-state index in [1.165, 1.54) is 27.8 Å². The first-order valence-electron chi connectivity index (χ1n) is 8.35. The molecule has 0 aliphatic heterocycles. The van der Waals surface area contributed by atoms with Crippen molar-refractivity contribution in [1.82, 2.24) is 10.3 Å². The Bertz CT molecular complexity index is 1020. The number of carbonyl (C=O) groups excluding carboxylic acids is 1. The molecule has 26 heavy (non-hydrogen) atoms. The van der Waals surface area contributed by atoms with Crippen molar-refractivity contribution in [3.8, 4) is 0 Å². The zero-order chi connectivity index (χ0) is 17.9. The van der Waals surface area contributed by atoms with Crippen molar-refractivity contribution in [3.05, 3.63) is 92.7 Å². The van der Waals surface area contributed by atoms with E-state index < -0.39 is 0 Å². The van der Waals surface area contributed by atoms with Gasteiger partial charge in [0.15, 0.2) is 0 Å². The van der Waals surface area contributed by atoms with E-state index in [2.05, 4.69) is 56.7 Å².